The molecule has 1 aromatic rings. The maximum absolute atomic E-state index is 11.8. The molecule has 22 heavy (non-hydrogen) atoms. The molecule has 0 saturated carbocycles. The molecule has 1 rings (SSSR count). The second-order valence-corrected chi connectivity index (χ2v) is 7.23. The SMILES string of the molecule is CCCCCS(=O)(=O)CC(=O)NC(C(=O)O)c1ccccc1. The average molecular weight is 327 g/mol. The van der Waals surface area contributed by atoms with Crippen molar-refractivity contribution in [2.24, 2.45) is 0 Å². The predicted molar refractivity (Wildman–Crippen MR) is 83.1 cm³/mol. The van der Waals surface area contributed by atoms with Crippen LogP contribution in [0, 0.1) is 0 Å². The van der Waals surface area contributed by atoms with Crippen LogP contribution in [0.25, 0.3) is 0 Å². The molecule has 2 N–H and O–H groups in total. The van der Waals surface area contributed by atoms with Crippen LogP contribution in [-0.4, -0.2) is 36.9 Å². The average Bonchev–Trinajstić information content (AvgIpc) is 2.45. The molecule has 1 aromatic carbocycles. The minimum absolute atomic E-state index is 0.0582. The first-order valence-corrected chi connectivity index (χ1v) is 8.95. The lowest BCUT2D eigenvalue weighted by Gasteiger charge is -2.15. The topological polar surface area (TPSA) is 101 Å². The van der Waals surface area contributed by atoms with Gasteiger partial charge in [-0.05, 0) is 12.0 Å². The third kappa shape index (κ3) is 6.26. The number of hydrogen-bond acceptors (Lipinski definition) is 4. The number of carboxylic acids is 1. The molecule has 6 nitrogen and oxygen atoms in total. The van der Waals surface area contributed by atoms with E-state index in [4.69, 9.17) is 0 Å². The summed E-state index contributed by atoms with van der Waals surface area (Å²) in [5, 5.41) is 11.4. The Morgan fingerprint density at radius 2 is 1.82 bits per heavy atom. The second kappa shape index (κ2) is 8.53. The van der Waals surface area contributed by atoms with Gasteiger partial charge < -0.3 is 10.4 Å². The summed E-state index contributed by atoms with van der Waals surface area (Å²) in [6.07, 6.45) is 2.17. The predicted octanol–water partition coefficient (Wildman–Crippen LogP) is 1.53. The number of nitrogens with one attached hydrogen (secondary N) is 1. The van der Waals surface area contributed by atoms with E-state index in [1.807, 2.05) is 6.92 Å². The molecule has 1 amide bonds. The zero-order valence-electron chi connectivity index (χ0n) is 12.5. The summed E-state index contributed by atoms with van der Waals surface area (Å²) in [6, 6.07) is 6.91. The van der Waals surface area contributed by atoms with Gasteiger partial charge in [0.25, 0.3) is 0 Å². The highest BCUT2D eigenvalue weighted by atomic mass is 32.2. The molecule has 0 aliphatic heterocycles. The van der Waals surface area contributed by atoms with Crippen molar-refractivity contribution in [3.8, 4) is 0 Å². The van der Waals surface area contributed by atoms with Crippen LogP contribution in [0.1, 0.15) is 37.8 Å². The maximum atomic E-state index is 11.8. The fourth-order valence-electron chi connectivity index (χ4n) is 1.98. The van der Waals surface area contributed by atoms with Crippen molar-refractivity contribution in [1.82, 2.24) is 5.32 Å². The minimum Gasteiger partial charge on any atom is -0.479 e. The van der Waals surface area contributed by atoms with Crippen molar-refractivity contribution in [2.75, 3.05) is 11.5 Å². The lowest BCUT2D eigenvalue weighted by Crippen LogP contribution is -2.37. The van der Waals surface area contributed by atoms with Gasteiger partial charge in [0.05, 0.1) is 5.75 Å². The molecule has 0 heterocycles. The maximum Gasteiger partial charge on any atom is 0.330 e. The van der Waals surface area contributed by atoms with Gasteiger partial charge in [-0.1, -0.05) is 50.1 Å². The Bertz CT molecular complexity index is 598. The van der Waals surface area contributed by atoms with E-state index < -0.39 is 33.5 Å². The Labute approximate surface area is 130 Å². The molecular weight excluding hydrogens is 306 g/mol. The van der Waals surface area contributed by atoms with Gasteiger partial charge in [-0.15, -0.1) is 0 Å². The number of rotatable bonds is 9. The molecule has 0 aromatic heterocycles. The molecule has 0 spiro atoms. The summed E-state index contributed by atoms with van der Waals surface area (Å²) in [7, 11) is -3.51. The van der Waals surface area contributed by atoms with Crippen LogP contribution in [0.3, 0.4) is 0 Å². The first-order chi connectivity index (χ1) is 10.4. The van der Waals surface area contributed by atoms with Gasteiger partial charge in [-0.25, -0.2) is 13.2 Å². The Hall–Kier alpha value is -1.89. The third-order valence-electron chi connectivity index (χ3n) is 3.10. The summed E-state index contributed by atoms with van der Waals surface area (Å²) in [4.78, 5) is 23.1. The number of amides is 1. The van der Waals surface area contributed by atoms with Crippen LogP contribution < -0.4 is 5.32 Å². The lowest BCUT2D eigenvalue weighted by molar-refractivity contribution is -0.141. The first-order valence-electron chi connectivity index (χ1n) is 7.13. The van der Waals surface area contributed by atoms with Crippen molar-refractivity contribution in [2.45, 2.75) is 32.2 Å². The van der Waals surface area contributed by atoms with Crippen molar-refractivity contribution in [1.29, 1.82) is 0 Å². The van der Waals surface area contributed by atoms with Gasteiger partial charge in [0.2, 0.25) is 5.91 Å². The normalized spacial score (nSPS) is 12.6. The number of unbranched alkanes of at least 4 members (excludes halogenated alkanes) is 2. The monoisotopic (exact) mass is 327 g/mol. The molecule has 1 atom stereocenters. The minimum atomic E-state index is -3.51. The highest BCUT2D eigenvalue weighted by Gasteiger charge is 2.24. The molecule has 7 heteroatoms. The van der Waals surface area contributed by atoms with Gasteiger partial charge in [-0.3, -0.25) is 4.79 Å². The largest absolute Gasteiger partial charge is 0.479 e. The fourth-order valence-corrected chi connectivity index (χ4v) is 3.25. The van der Waals surface area contributed by atoms with Crippen molar-refractivity contribution in [3.05, 3.63) is 35.9 Å². The first kappa shape index (κ1) is 18.2. The van der Waals surface area contributed by atoms with E-state index in [2.05, 4.69) is 5.32 Å². The molecule has 0 saturated heterocycles. The highest BCUT2D eigenvalue weighted by Crippen LogP contribution is 2.12. The van der Waals surface area contributed by atoms with Crippen LogP contribution in [0.15, 0.2) is 30.3 Å². The number of carboxylic acid groups (broad SMARTS) is 1. The highest BCUT2D eigenvalue weighted by molar-refractivity contribution is 7.92. The Morgan fingerprint density at radius 1 is 1.18 bits per heavy atom. The van der Waals surface area contributed by atoms with Gasteiger partial charge in [0.1, 0.15) is 5.75 Å². The second-order valence-electron chi connectivity index (χ2n) is 5.05. The molecule has 0 aliphatic carbocycles. The quantitative estimate of drug-likeness (QED) is 0.670. The van der Waals surface area contributed by atoms with Gasteiger partial charge in [0.15, 0.2) is 15.9 Å². The summed E-state index contributed by atoms with van der Waals surface area (Å²) in [5.41, 5.74) is 0.395. The van der Waals surface area contributed by atoms with E-state index in [0.29, 0.717) is 12.0 Å². The summed E-state index contributed by atoms with van der Waals surface area (Å²) in [6.45, 7) is 1.96. The van der Waals surface area contributed by atoms with Crippen molar-refractivity contribution < 1.29 is 23.1 Å². The number of hydrogen-bond donors (Lipinski definition) is 2. The molecule has 0 bridgehead atoms. The van der Waals surface area contributed by atoms with E-state index in [1.165, 1.54) is 0 Å². The van der Waals surface area contributed by atoms with E-state index in [9.17, 15) is 23.1 Å². The Morgan fingerprint density at radius 3 is 2.36 bits per heavy atom. The van der Waals surface area contributed by atoms with Crippen LogP contribution in [0.4, 0.5) is 0 Å². The summed E-state index contributed by atoms with van der Waals surface area (Å²) < 4.78 is 23.6. The standard InChI is InChI=1S/C15H21NO5S/c1-2-3-7-10-22(20,21)11-13(17)16-14(15(18)19)12-8-5-4-6-9-12/h4-6,8-9,14H,2-3,7,10-11H2,1H3,(H,16,17)(H,18,19). The number of aliphatic carboxylic acids is 1. The molecule has 0 fully saturated rings. The molecule has 1 unspecified atom stereocenters. The van der Waals surface area contributed by atoms with Crippen molar-refractivity contribution in [3.63, 3.8) is 0 Å². The van der Waals surface area contributed by atoms with Gasteiger partial charge in [0, 0.05) is 0 Å². The third-order valence-corrected chi connectivity index (χ3v) is 4.71. The smallest absolute Gasteiger partial charge is 0.330 e. The van der Waals surface area contributed by atoms with Crippen LogP contribution in [0.5, 0.6) is 0 Å². The number of carbonyl (C=O) groups is 2. The van der Waals surface area contributed by atoms with E-state index in [0.717, 1.165) is 12.8 Å². The summed E-state index contributed by atoms with van der Waals surface area (Å²) in [5.74, 6) is -2.78. The molecule has 122 valence electrons. The molecule has 0 aliphatic rings. The van der Waals surface area contributed by atoms with Crippen LogP contribution in [-0.2, 0) is 19.4 Å². The molecular formula is C15H21NO5S. The van der Waals surface area contributed by atoms with E-state index in [-0.39, 0.29) is 5.75 Å². The van der Waals surface area contributed by atoms with Gasteiger partial charge >= 0.3 is 5.97 Å². The zero-order valence-corrected chi connectivity index (χ0v) is 13.3. The van der Waals surface area contributed by atoms with Crippen LogP contribution >= 0.6 is 0 Å². The summed E-state index contributed by atoms with van der Waals surface area (Å²) >= 11 is 0. The zero-order chi connectivity index (χ0) is 16.6. The number of carbonyl (C=O) groups excluding carboxylic acids is 1. The Kier molecular flexibility index (Phi) is 7.04. The molecule has 0 radical (unpaired) electrons. The van der Waals surface area contributed by atoms with E-state index in [1.54, 1.807) is 30.3 Å². The Balaban J connectivity index is 2.67. The van der Waals surface area contributed by atoms with Crippen LogP contribution in [0.2, 0.25) is 0 Å². The lowest BCUT2D eigenvalue weighted by atomic mass is 10.1. The number of sulfone groups is 1. The van der Waals surface area contributed by atoms with E-state index >= 15 is 0 Å². The van der Waals surface area contributed by atoms with Gasteiger partial charge in [-0.2, -0.15) is 0 Å². The van der Waals surface area contributed by atoms with Crippen molar-refractivity contribution >= 4 is 21.7 Å². The fraction of sp³-hybridized carbons (Fsp3) is 0.467. The number of benzene rings is 1.